The molecule has 1 atom stereocenters. The largest absolute Gasteiger partial charge is 0.480 e. The van der Waals surface area contributed by atoms with E-state index in [1.165, 1.54) is 19.1 Å². The zero-order valence-electron chi connectivity index (χ0n) is 10.4. The quantitative estimate of drug-likeness (QED) is 0.619. The first-order valence-corrected chi connectivity index (χ1v) is 5.32. The van der Waals surface area contributed by atoms with E-state index >= 15 is 0 Å². The van der Waals surface area contributed by atoms with Gasteiger partial charge in [0.1, 0.15) is 0 Å². The van der Waals surface area contributed by atoms with Crippen LogP contribution in [0.2, 0.25) is 0 Å². The van der Waals surface area contributed by atoms with Gasteiger partial charge in [-0.3, -0.25) is 0 Å². The summed E-state index contributed by atoms with van der Waals surface area (Å²) in [6.07, 6.45) is 0. The fourth-order valence-electron chi connectivity index (χ4n) is 1.19. The second-order valence-corrected chi connectivity index (χ2v) is 3.37. The van der Waals surface area contributed by atoms with Crippen molar-refractivity contribution < 1.29 is 24.2 Å². The van der Waals surface area contributed by atoms with Crippen LogP contribution >= 0.6 is 0 Å². The number of aliphatic carboxylic acids is 1. The van der Waals surface area contributed by atoms with Crippen LogP contribution in [-0.2, 0) is 14.3 Å². The van der Waals surface area contributed by atoms with E-state index in [-0.39, 0.29) is 6.61 Å². The third-order valence-electron chi connectivity index (χ3n) is 2.16. The SMILES string of the molecule is CCN(CCOC)C(=O)NC(COC)C(=O)O. The van der Waals surface area contributed by atoms with E-state index < -0.39 is 18.0 Å². The lowest BCUT2D eigenvalue weighted by molar-refractivity contribution is -0.140. The zero-order valence-corrected chi connectivity index (χ0v) is 10.4. The zero-order chi connectivity index (χ0) is 13.3. The molecule has 2 amide bonds. The van der Waals surface area contributed by atoms with Crippen LogP contribution in [0.15, 0.2) is 0 Å². The van der Waals surface area contributed by atoms with Crippen LogP contribution in [0.1, 0.15) is 6.92 Å². The molecular weight excluding hydrogens is 228 g/mol. The number of carbonyl (C=O) groups excluding carboxylic acids is 1. The third kappa shape index (κ3) is 6.08. The summed E-state index contributed by atoms with van der Waals surface area (Å²) in [5, 5.41) is 11.2. The number of nitrogens with one attached hydrogen (secondary N) is 1. The van der Waals surface area contributed by atoms with E-state index in [0.717, 1.165) is 0 Å². The highest BCUT2D eigenvalue weighted by Crippen LogP contribution is 1.93. The number of hydrogen-bond donors (Lipinski definition) is 2. The molecule has 0 aliphatic heterocycles. The molecule has 0 spiro atoms. The molecule has 100 valence electrons. The molecule has 2 N–H and O–H groups in total. The Morgan fingerprint density at radius 2 is 2.00 bits per heavy atom. The second kappa shape index (κ2) is 8.77. The average Bonchev–Trinajstić information content (AvgIpc) is 2.29. The molecule has 0 fully saturated rings. The Balaban J connectivity index is 4.30. The number of urea groups is 1. The molecule has 0 aliphatic rings. The first-order valence-electron chi connectivity index (χ1n) is 5.32. The van der Waals surface area contributed by atoms with Crippen molar-refractivity contribution in [1.29, 1.82) is 0 Å². The maximum absolute atomic E-state index is 11.7. The van der Waals surface area contributed by atoms with Gasteiger partial charge in [0.15, 0.2) is 6.04 Å². The Morgan fingerprint density at radius 1 is 1.35 bits per heavy atom. The fraction of sp³-hybridized carbons (Fsp3) is 0.800. The molecule has 1 unspecified atom stereocenters. The van der Waals surface area contributed by atoms with Gasteiger partial charge in [-0.15, -0.1) is 0 Å². The van der Waals surface area contributed by atoms with Crippen LogP contribution in [0.5, 0.6) is 0 Å². The Bertz CT molecular complexity index is 247. The molecule has 0 rings (SSSR count). The lowest BCUT2D eigenvalue weighted by atomic mass is 10.3. The van der Waals surface area contributed by atoms with Crippen LogP contribution in [-0.4, -0.2) is 68.6 Å². The molecule has 0 saturated heterocycles. The van der Waals surface area contributed by atoms with Crippen LogP contribution in [0.4, 0.5) is 4.79 Å². The lowest BCUT2D eigenvalue weighted by Crippen LogP contribution is -2.50. The van der Waals surface area contributed by atoms with Gasteiger partial charge >= 0.3 is 12.0 Å². The number of carbonyl (C=O) groups is 2. The molecule has 7 nitrogen and oxygen atoms in total. The van der Waals surface area contributed by atoms with E-state index in [4.69, 9.17) is 14.6 Å². The van der Waals surface area contributed by atoms with Crippen LogP contribution in [0, 0.1) is 0 Å². The van der Waals surface area contributed by atoms with Gasteiger partial charge < -0.3 is 24.8 Å². The molecule has 0 bridgehead atoms. The van der Waals surface area contributed by atoms with Crippen LogP contribution in [0.25, 0.3) is 0 Å². The van der Waals surface area contributed by atoms with Crippen molar-refractivity contribution in [2.24, 2.45) is 0 Å². The summed E-state index contributed by atoms with van der Waals surface area (Å²) in [5.74, 6) is -1.12. The molecule has 0 saturated carbocycles. The smallest absolute Gasteiger partial charge is 0.328 e. The summed E-state index contributed by atoms with van der Waals surface area (Å²) in [4.78, 5) is 24.0. The first-order chi connectivity index (χ1) is 8.06. The van der Waals surface area contributed by atoms with Crippen molar-refractivity contribution in [2.45, 2.75) is 13.0 Å². The summed E-state index contributed by atoms with van der Waals surface area (Å²) in [6, 6.07) is -1.47. The van der Waals surface area contributed by atoms with Gasteiger partial charge in [-0.25, -0.2) is 9.59 Å². The molecule has 0 aromatic rings. The summed E-state index contributed by atoms with van der Waals surface area (Å²) >= 11 is 0. The third-order valence-corrected chi connectivity index (χ3v) is 2.16. The Hall–Kier alpha value is -1.34. The highest BCUT2D eigenvalue weighted by molar-refractivity contribution is 5.82. The number of amides is 2. The van der Waals surface area contributed by atoms with E-state index in [0.29, 0.717) is 19.7 Å². The van der Waals surface area contributed by atoms with Crippen molar-refractivity contribution in [3.05, 3.63) is 0 Å². The molecule has 17 heavy (non-hydrogen) atoms. The summed E-state index contributed by atoms with van der Waals surface area (Å²) < 4.78 is 9.58. The maximum atomic E-state index is 11.7. The second-order valence-electron chi connectivity index (χ2n) is 3.37. The van der Waals surface area contributed by atoms with Crippen molar-refractivity contribution in [2.75, 3.05) is 40.5 Å². The molecule has 0 aromatic heterocycles. The van der Waals surface area contributed by atoms with Gasteiger partial charge in [0.05, 0.1) is 13.2 Å². The lowest BCUT2D eigenvalue weighted by Gasteiger charge is -2.23. The number of carboxylic acid groups (broad SMARTS) is 1. The summed E-state index contributed by atoms with van der Waals surface area (Å²) in [7, 11) is 2.92. The average molecular weight is 248 g/mol. The van der Waals surface area contributed by atoms with Crippen molar-refractivity contribution in [1.82, 2.24) is 10.2 Å². The van der Waals surface area contributed by atoms with Crippen LogP contribution < -0.4 is 5.32 Å². The Morgan fingerprint density at radius 3 is 2.41 bits per heavy atom. The monoisotopic (exact) mass is 248 g/mol. The minimum atomic E-state index is -1.12. The van der Waals surface area contributed by atoms with E-state index in [1.807, 2.05) is 0 Å². The predicted molar refractivity (Wildman–Crippen MR) is 61.0 cm³/mol. The highest BCUT2D eigenvalue weighted by atomic mass is 16.5. The predicted octanol–water partition coefficient (Wildman–Crippen LogP) is -0.236. The standard InChI is InChI=1S/C10H20N2O5/c1-4-12(5-6-16-2)10(15)11-8(7-17-3)9(13)14/h8H,4-7H2,1-3H3,(H,11,15)(H,13,14). The number of nitrogens with zero attached hydrogens (tertiary/aromatic N) is 1. The number of rotatable bonds is 8. The summed E-state index contributed by atoms with van der Waals surface area (Å²) in [6.45, 7) is 3.04. The minimum absolute atomic E-state index is 0.0666. The Labute approximate surface area is 101 Å². The topological polar surface area (TPSA) is 88.1 Å². The van der Waals surface area contributed by atoms with Crippen LogP contribution in [0.3, 0.4) is 0 Å². The Kier molecular flexibility index (Phi) is 8.08. The van der Waals surface area contributed by atoms with Crippen molar-refractivity contribution in [3.63, 3.8) is 0 Å². The van der Waals surface area contributed by atoms with Crippen molar-refractivity contribution in [3.8, 4) is 0 Å². The minimum Gasteiger partial charge on any atom is -0.480 e. The molecular formula is C10H20N2O5. The number of carboxylic acids is 1. The summed E-state index contributed by atoms with van der Waals surface area (Å²) in [5.41, 5.74) is 0. The van der Waals surface area contributed by atoms with Gasteiger partial charge in [-0.2, -0.15) is 0 Å². The normalized spacial score (nSPS) is 11.9. The molecule has 0 aromatic carbocycles. The fourth-order valence-corrected chi connectivity index (χ4v) is 1.19. The maximum Gasteiger partial charge on any atom is 0.328 e. The molecule has 7 heteroatoms. The number of ether oxygens (including phenoxy) is 2. The van der Waals surface area contributed by atoms with E-state index in [1.54, 1.807) is 6.92 Å². The van der Waals surface area contributed by atoms with Crippen molar-refractivity contribution >= 4 is 12.0 Å². The first kappa shape index (κ1) is 15.7. The molecule has 0 heterocycles. The number of hydrogen-bond acceptors (Lipinski definition) is 4. The van der Waals surface area contributed by atoms with E-state index in [2.05, 4.69) is 5.32 Å². The van der Waals surface area contributed by atoms with Gasteiger partial charge in [0.2, 0.25) is 0 Å². The van der Waals surface area contributed by atoms with Gasteiger partial charge in [0, 0.05) is 27.3 Å². The van der Waals surface area contributed by atoms with Gasteiger partial charge in [-0.05, 0) is 6.92 Å². The van der Waals surface area contributed by atoms with E-state index in [9.17, 15) is 9.59 Å². The highest BCUT2D eigenvalue weighted by Gasteiger charge is 2.22. The number of methoxy groups -OCH3 is 2. The number of likely N-dealkylation sites (N-methyl/N-ethyl adjacent to an activating group) is 1. The van der Waals surface area contributed by atoms with Gasteiger partial charge in [0.25, 0.3) is 0 Å². The molecule has 0 radical (unpaired) electrons. The molecule has 0 aliphatic carbocycles. The van der Waals surface area contributed by atoms with Gasteiger partial charge in [-0.1, -0.05) is 0 Å².